The summed E-state index contributed by atoms with van der Waals surface area (Å²) < 4.78 is 24.2. The Morgan fingerprint density at radius 3 is 2.50 bits per heavy atom. The first-order chi connectivity index (χ1) is 14.7. The van der Waals surface area contributed by atoms with Crippen molar-refractivity contribution in [3.05, 3.63) is 83.7 Å². The molecule has 5 nitrogen and oxygen atoms in total. The van der Waals surface area contributed by atoms with Gasteiger partial charge in [0.15, 0.2) is 11.5 Å². The van der Waals surface area contributed by atoms with E-state index < -0.39 is 0 Å². The van der Waals surface area contributed by atoms with E-state index in [2.05, 4.69) is 4.90 Å². The number of amides is 1. The van der Waals surface area contributed by atoms with E-state index >= 15 is 0 Å². The summed E-state index contributed by atoms with van der Waals surface area (Å²) in [5, 5.41) is 0. The Bertz CT molecular complexity index is 1080. The zero-order chi connectivity index (χ0) is 20.5. The van der Waals surface area contributed by atoms with Crippen LogP contribution in [-0.4, -0.2) is 25.8 Å². The van der Waals surface area contributed by atoms with E-state index in [0.717, 1.165) is 41.4 Å². The lowest BCUT2D eigenvalue weighted by Crippen LogP contribution is -2.31. The van der Waals surface area contributed by atoms with Gasteiger partial charge >= 0.3 is 0 Å². The number of carbonyl (C=O) groups excluding carboxylic acids is 1. The van der Waals surface area contributed by atoms with Crippen LogP contribution in [0, 0.1) is 5.82 Å². The lowest BCUT2D eigenvalue weighted by atomic mass is 10.1. The molecule has 3 aromatic rings. The van der Waals surface area contributed by atoms with E-state index in [0.29, 0.717) is 18.7 Å². The maximum Gasteiger partial charge on any atom is 0.258 e. The Morgan fingerprint density at radius 2 is 1.67 bits per heavy atom. The molecule has 2 heterocycles. The number of ether oxygens (including phenoxy) is 2. The molecule has 2 aliphatic rings. The molecule has 2 aliphatic heterocycles. The molecule has 0 aliphatic carbocycles. The third kappa shape index (κ3) is 3.45. The topological polar surface area (TPSA) is 42.0 Å². The quantitative estimate of drug-likeness (QED) is 0.639. The van der Waals surface area contributed by atoms with Crippen molar-refractivity contribution < 1.29 is 18.7 Å². The molecule has 0 bridgehead atoms. The Labute approximate surface area is 174 Å². The third-order valence-corrected chi connectivity index (χ3v) is 5.47. The molecule has 3 aromatic carbocycles. The van der Waals surface area contributed by atoms with Crippen LogP contribution in [0.4, 0.5) is 15.8 Å². The molecule has 0 N–H and O–H groups in total. The first kappa shape index (κ1) is 18.5. The molecule has 0 spiro atoms. The van der Waals surface area contributed by atoms with E-state index in [1.807, 2.05) is 42.5 Å². The van der Waals surface area contributed by atoms with E-state index in [1.165, 1.54) is 24.3 Å². The smallest absolute Gasteiger partial charge is 0.258 e. The van der Waals surface area contributed by atoms with Crippen molar-refractivity contribution in [2.45, 2.75) is 13.0 Å². The van der Waals surface area contributed by atoms with Gasteiger partial charge in [0, 0.05) is 25.2 Å². The highest BCUT2D eigenvalue weighted by atomic mass is 19.1. The van der Waals surface area contributed by atoms with Crippen LogP contribution in [0.5, 0.6) is 11.5 Å². The zero-order valence-corrected chi connectivity index (χ0v) is 16.4. The van der Waals surface area contributed by atoms with Gasteiger partial charge in [-0.1, -0.05) is 18.2 Å². The Hall–Kier alpha value is -3.54. The molecular formula is C24H21FN2O3. The van der Waals surface area contributed by atoms with Crippen molar-refractivity contribution in [3.63, 3.8) is 0 Å². The number of nitrogens with zero attached hydrogens (tertiary/aromatic N) is 2. The van der Waals surface area contributed by atoms with Gasteiger partial charge < -0.3 is 19.3 Å². The predicted molar refractivity (Wildman–Crippen MR) is 113 cm³/mol. The second kappa shape index (κ2) is 7.71. The number of benzene rings is 3. The number of hydrogen-bond acceptors (Lipinski definition) is 4. The number of carbonyl (C=O) groups is 1. The van der Waals surface area contributed by atoms with Crippen LogP contribution in [-0.2, 0) is 6.54 Å². The van der Waals surface area contributed by atoms with Crippen molar-refractivity contribution in [2.24, 2.45) is 0 Å². The second-order valence-electron chi connectivity index (χ2n) is 7.42. The van der Waals surface area contributed by atoms with Gasteiger partial charge in [0.1, 0.15) is 5.82 Å². The van der Waals surface area contributed by atoms with Gasteiger partial charge in [-0.2, -0.15) is 0 Å². The van der Waals surface area contributed by atoms with Gasteiger partial charge in [-0.15, -0.1) is 0 Å². The van der Waals surface area contributed by atoms with Crippen molar-refractivity contribution in [3.8, 4) is 11.5 Å². The molecule has 0 unspecified atom stereocenters. The first-order valence-corrected chi connectivity index (χ1v) is 9.99. The maximum atomic E-state index is 13.3. The van der Waals surface area contributed by atoms with Crippen LogP contribution >= 0.6 is 0 Å². The number of para-hydroxylation sites is 2. The van der Waals surface area contributed by atoms with Crippen LogP contribution in [0.3, 0.4) is 0 Å². The number of fused-ring (bicyclic) bond motifs is 2. The Kier molecular flexibility index (Phi) is 4.75. The van der Waals surface area contributed by atoms with E-state index in [1.54, 1.807) is 4.90 Å². The minimum absolute atomic E-state index is 0.118. The van der Waals surface area contributed by atoms with Gasteiger partial charge in [-0.25, -0.2) is 4.39 Å². The van der Waals surface area contributed by atoms with Crippen molar-refractivity contribution in [1.29, 1.82) is 0 Å². The molecule has 30 heavy (non-hydrogen) atoms. The minimum atomic E-state index is -0.349. The fraction of sp³-hybridized carbons (Fsp3) is 0.208. The van der Waals surface area contributed by atoms with Crippen molar-refractivity contribution >= 4 is 17.3 Å². The summed E-state index contributed by atoms with van der Waals surface area (Å²) in [6.07, 6.45) is 0.826. The average Bonchev–Trinajstić information content (AvgIpc) is 3.16. The summed E-state index contributed by atoms with van der Waals surface area (Å²) in [5.74, 6) is 1.07. The standard InChI is InChI=1S/C24H21FN2O3/c25-19-9-7-18(8-10-19)24(28)27-13-3-12-26(20-4-1-2-5-21(20)27)15-17-6-11-22-23(14-17)30-16-29-22/h1-2,4-11,14H,3,12-13,15-16H2. The van der Waals surface area contributed by atoms with E-state index in [4.69, 9.17) is 9.47 Å². The molecule has 0 saturated carbocycles. The van der Waals surface area contributed by atoms with Crippen LogP contribution in [0.2, 0.25) is 0 Å². The normalized spacial score (nSPS) is 15.0. The first-order valence-electron chi connectivity index (χ1n) is 9.99. The highest BCUT2D eigenvalue weighted by molar-refractivity contribution is 6.08. The molecule has 0 saturated heterocycles. The molecule has 5 rings (SSSR count). The highest BCUT2D eigenvalue weighted by Crippen LogP contribution is 2.36. The fourth-order valence-corrected chi connectivity index (χ4v) is 4.00. The monoisotopic (exact) mass is 404 g/mol. The summed E-state index contributed by atoms with van der Waals surface area (Å²) >= 11 is 0. The molecule has 0 atom stereocenters. The highest BCUT2D eigenvalue weighted by Gasteiger charge is 2.26. The van der Waals surface area contributed by atoms with Gasteiger partial charge in [-0.05, 0) is 60.5 Å². The molecule has 0 aromatic heterocycles. The number of halogens is 1. The summed E-state index contributed by atoms with van der Waals surface area (Å²) in [7, 11) is 0. The number of hydrogen-bond donors (Lipinski definition) is 0. The average molecular weight is 404 g/mol. The van der Waals surface area contributed by atoms with E-state index in [-0.39, 0.29) is 18.5 Å². The lowest BCUT2D eigenvalue weighted by molar-refractivity contribution is 0.0987. The SMILES string of the molecule is O=C(c1ccc(F)cc1)N1CCCN(Cc2ccc3c(c2)OCO3)c2ccccc21. The maximum absolute atomic E-state index is 13.3. The third-order valence-electron chi connectivity index (χ3n) is 5.47. The molecule has 0 fully saturated rings. The summed E-state index contributed by atoms with van der Waals surface area (Å²) in [4.78, 5) is 17.3. The summed E-state index contributed by atoms with van der Waals surface area (Å²) in [6, 6.07) is 19.6. The molecule has 152 valence electrons. The van der Waals surface area contributed by atoms with E-state index in [9.17, 15) is 9.18 Å². The largest absolute Gasteiger partial charge is 0.454 e. The zero-order valence-electron chi connectivity index (χ0n) is 16.4. The van der Waals surface area contributed by atoms with Crippen molar-refractivity contribution in [2.75, 3.05) is 29.7 Å². The summed E-state index contributed by atoms with van der Waals surface area (Å²) in [6.45, 7) is 2.38. The van der Waals surface area contributed by atoms with Gasteiger partial charge in [-0.3, -0.25) is 4.79 Å². The van der Waals surface area contributed by atoms with Gasteiger partial charge in [0.05, 0.1) is 11.4 Å². The number of anilines is 2. The Balaban J connectivity index is 1.45. The summed E-state index contributed by atoms with van der Waals surface area (Å²) in [5.41, 5.74) is 3.47. The number of rotatable bonds is 3. The molecule has 1 amide bonds. The minimum Gasteiger partial charge on any atom is -0.454 e. The molecular weight excluding hydrogens is 383 g/mol. The van der Waals surface area contributed by atoms with Crippen LogP contribution in [0.25, 0.3) is 0 Å². The van der Waals surface area contributed by atoms with Crippen molar-refractivity contribution in [1.82, 2.24) is 0 Å². The lowest BCUT2D eigenvalue weighted by Gasteiger charge is -2.27. The van der Waals surface area contributed by atoms with Gasteiger partial charge in [0.2, 0.25) is 6.79 Å². The Morgan fingerprint density at radius 1 is 0.900 bits per heavy atom. The van der Waals surface area contributed by atoms with Crippen LogP contribution in [0.1, 0.15) is 22.3 Å². The van der Waals surface area contributed by atoms with Crippen LogP contribution in [0.15, 0.2) is 66.7 Å². The molecule has 0 radical (unpaired) electrons. The van der Waals surface area contributed by atoms with Gasteiger partial charge in [0.25, 0.3) is 5.91 Å². The predicted octanol–water partition coefficient (Wildman–Crippen LogP) is 4.61. The van der Waals surface area contributed by atoms with Crippen LogP contribution < -0.4 is 19.3 Å². The molecule has 6 heteroatoms. The second-order valence-corrected chi connectivity index (χ2v) is 7.42. The fourth-order valence-electron chi connectivity index (χ4n) is 4.00.